The first-order valence-corrected chi connectivity index (χ1v) is 9.49. The second-order valence-electron chi connectivity index (χ2n) is 4.45. The molecule has 0 bridgehead atoms. The predicted molar refractivity (Wildman–Crippen MR) is 74.0 cm³/mol. The Bertz CT molecular complexity index is 203. The van der Waals surface area contributed by atoms with Gasteiger partial charge in [0, 0.05) is 5.25 Å². The minimum atomic E-state index is -2.14. The van der Waals surface area contributed by atoms with Crippen LogP contribution in [0, 0.1) is 5.92 Å². The molecule has 0 saturated carbocycles. The summed E-state index contributed by atoms with van der Waals surface area (Å²) in [6.45, 7) is 13.2. The molecule has 5 heteroatoms. The first-order valence-electron chi connectivity index (χ1n) is 5.36. The molecule has 2 nitrogen and oxygen atoms in total. The van der Waals surface area contributed by atoms with Gasteiger partial charge in [0.1, 0.15) is 0 Å². The third-order valence-corrected chi connectivity index (χ3v) is 7.03. The zero-order valence-electron chi connectivity index (χ0n) is 10.5. The van der Waals surface area contributed by atoms with E-state index in [-0.39, 0.29) is 6.10 Å². The Morgan fingerprint density at radius 1 is 1.13 bits per heavy atom. The normalized spacial score (nSPS) is 16.3. The highest BCUT2D eigenvalue weighted by molar-refractivity contribution is 8.68. The summed E-state index contributed by atoms with van der Waals surface area (Å²) in [5.74, 6) is 0.496. The summed E-state index contributed by atoms with van der Waals surface area (Å²) in [4.78, 5) is 0. The van der Waals surface area contributed by atoms with Crippen molar-refractivity contribution in [1.82, 2.24) is 0 Å². The Morgan fingerprint density at radius 3 is 2.00 bits per heavy atom. The molecule has 0 saturated heterocycles. The van der Waals surface area contributed by atoms with Crippen molar-refractivity contribution in [2.45, 2.75) is 52.9 Å². The van der Waals surface area contributed by atoms with E-state index < -0.39 is 5.69 Å². The van der Waals surface area contributed by atoms with Crippen LogP contribution in [0.15, 0.2) is 0 Å². The Kier molecular flexibility index (Phi) is 7.73. The van der Waals surface area contributed by atoms with Crippen LogP contribution in [-0.4, -0.2) is 18.0 Å². The third kappa shape index (κ3) is 8.70. The van der Waals surface area contributed by atoms with E-state index in [4.69, 9.17) is 20.9 Å². The topological polar surface area (TPSA) is 18.5 Å². The van der Waals surface area contributed by atoms with Gasteiger partial charge in [-0.2, -0.15) is 0 Å². The molecule has 0 fully saturated rings. The van der Waals surface area contributed by atoms with Crippen LogP contribution >= 0.6 is 17.1 Å². The average molecular weight is 270 g/mol. The van der Waals surface area contributed by atoms with Gasteiger partial charge < -0.3 is 9.05 Å². The summed E-state index contributed by atoms with van der Waals surface area (Å²) in [6.07, 6.45) is 0.134. The van der Waals surface area contributed by atoms with Gasteiger partial charge in [0.15, 0.2) is 0 Å². The smallest absolute Gasteiger partial charge is 0.247 e. The van der Waals surface area contributed by atoms with Crippen LogP contribution in [0.5, 0.6) is 0 Å². The molecular formula is C10H23O2PS2. The molecule has 0 aromatic carbocycles. The van der Waals surface area contributed by atoms with Gasteiger partial charge in [-0.05, 0) is 31.6 Å². The molecule has 0 N–H and O–H groups in total. The maximum Gasteiger partial charge on any atom is 0.247 e. The lowest BCUT2D eigenvalue weighted by atomic mass is 10.2. The molecule has 0 aromatic heterocycles. The first kappa shape index (κ1) is 15.9. The fraction of sp³-hybridized carbons (Fsp3) is 1.00. The molecule has 1 unspecified atom stereocenters. The highest BCUT2D eigenvalue weighted by Gasteiger charge is 2.23. The number of hydrogen-bond acceptors (Lipinski definition) is 4. The summed E-state index contributed by atoms with van der Waals surface area (Å²) in [5.41, 5.74) is -2.14. The van der Waals surface area contributed by atoms with Gasteiger partial charge in [-0.1, -0.05) is 39.1 Å². The zero-order valence-corrected chi connectivity index (χ0v) is 13.0. The van der Waals surface area contributed by atoms with Gasteiger partial charge in [-0.3, -0.25) is 0 Å². The number of hydrogen-bond donors (Lipinski definition) is 0. The Labute approximate surface area is 103 Å². The van der Waals surface area contributed by atoms with Crippen LogP contribution in [0.25, 0.3) is 0 Å². The molecule has 0 radical (unpaired) electrons. The molecule has 0 amide bonds. The maximum atomic E-state index is 5.78. The van der Waals surface area contributed by atoms with Crippen LogP contribution in [0.4, 0.5) is 0 Å². The molecule has 1 atom stereocenters. The SMILES string of the molecule is CC(C)COP(=S)(OC(C)C)SC(C)C. The standard InChI is InChI=1S/C10H23O2PS2/c1-8(2)7-11-13(14,12-9(3)4)15-10(5)6/h8-10H,7H2,1-6H3. The lowest BCUT2D eigenvalue weighted by Crippen LogP contribution is -2.06. The van der Waals surface area contributed by atoms with Crippen LogP contribution in [0.3, 0.4) is 0 Å². The highest BCUT2D eigenvalue weighted by Crippen LogP contribution is 2.63. The monoisotopic (exact) mass is 270 g/mol. The van der Waals surface area contributed by atoms with Crippen molar-refractivity contribution in [3.8, 4) is 0 Å². The van der Waals surface area contributed by atoms with Crippen LogP contribution < -0.4 is 0 Å². The second-order valence-corrected chi connectivity index (χ2v) is 11.2. The van der Waals surface area contributed by atoms with E-state index in [0.29, 0.717) is 17.8 Å². The van der Waals surface area contributed by atoms with E-state index in [2.05, 4.69) is 27.7 Å². The van der Waals surface area contributed by atoms with E-state index in [1.807, 2.05) is 13.8 Å². The largest absolute Gasteiger partial charge is 0.321 e. The summed E-state index contributed by atoms with van der Waals surface area (Å²) in [6, 6.07) is 0. The fourth-order valence-corrected chi connectivity index (χ4v) is 7.36. The number of rotatable bonds is 7. The predicted octanol–water partition coefficient (Wildman–Crippen LogP) is 4.45. The van der Waals surface area contributed by atoms with Gasteiger partial charge >= 0.3 is 0 Å². The van der Waals surface area contributed by atoms with E-state index in [1.54, 1.807) is 11.4 Å². The average Bonchev–Trinajstić information content (AvgIpc) is 1.97. The molecule has 92 valence electrons. The molecule has 0 heterocycles. The molecule has 0 rings (SSSR count). The molecule has 0 aromatic rings. The Morgan fingerprint density at radius 2 is 1.67 bits per heavy atom. The summed E-state index contributed by atoms with van der Waals surface area (Å²) < 4.78 is 11.5. The van der Waals surface area contributed by atoms with Gasteiger partial charge in [-0.25, -0.2) is 0 Å². The van der Waals surface area contributed by atoms with Crippen LogP contribution in [0.2, 0.25) is 0 Å². The van der Waals surface area contributed by atoms with E-state index in [0.717, 1.165) is 0 Å². The molecule has 0 spiro atoms. The summed E-state index contributed by atoms with van der Waals surface area (Å²) >= 11 is 7.16. The minimum absolute atomic E-state index is 0.134. The maximum absolute atomic E-state index is 5.78. The first-order chi connectivity index (χ1) is 6.75. The molecule has 0 aliphatic carbocycles. The zero-order chi connectivity index (χ0) is 12.1. The summed E-state index contributed by atoms with van der Waals surface area (Å²) in [5, 5.41) is 0.446. The van der Waals surface area contributed by atoms with Gasteiger partial charge in [-0.15, -0.1) is 0 Å². The van der Waals surface area contributed by atoms with Gasteiger partial charge in [0.25, 0.3) is 0 Å². The second kappa shape index (κ2) is 7.29. The fourth-order valence-electron chi connectivity index (χ4n) is 0.842. The van der Waals surface area contributed by atoms with E-state index in [1.165, 1.54) is 0 Å². The molecule has 0 aliphatic rings. The lowest BCUT2D eigenvalue weighted by molar-refractivity contribution is 0.201. The van der Waals surface area contributed by atoms with Crippen LogP contribution in [0.1, 0.15) is 41.5 Å². The quantitative estimate of drug-likeness (QED) is 0.636. The van der Waals surface area contributed by atoms with Gasteiger partial charge in [0.2, 0.25) is 5.69 Å². The van der Waals surface area contributed by atoms with Crippen molar-refractivity contribution in [2.24, 2.45) is 5.92 Å². The van der Waals surface area contributed by atoms with Crippen molar-refractivity contribution in [2.75, 3.05) is 6.61 Å². The molecule has 0 aliphatic heterocycles. The molecule has 15 heavy (non-hydrogen) atoms. The third-order valence-electron chi connectivity index (χ3n) is 1.25. The van der Waals surface area contributed by atoms with E-state index in [9.17, 15) is 0 Å². The van der Waals surface area contributed by atoms with E-state index >= 15 is 0 Å². The van der Waals surface area contributed by atoms with Crippen molar-refractivity contribution < 1.29 is 9.05 Å². The van der Waals surface area contributed by atoms with Crippen LogP contribution in [-0.2, 0) is 20.9 Å². The Balaban J connectivity index is 4.34. The Hall–Kier alpha value is 0.920. The van der Waals surface area contributed by atoms with Crippen molar-refractivity contribution in [3.63, 3.8) is 0 Å². The van der Waals surface area contributed by atoms with Crippen molar-refractivity contribution in [3.05, 3.63) is 0 Å². The summed E-state index contributed by atoms with van der Waals surface area (Å²) in [7, 11) is 0. The van der Waals surface area contributed by atoms with Gasteiger partial charge in [0.05, 0.1) is 12.7 Å². The van der Waals surface area contributed by atoms with Crippen molar-refractivity contribution >= 4 is 28.9 Å². The highest BCUT2D eigenvalue weighted by atomic mass is 32.9. The van der Waals surface area contributed by atoms with Crippen molar-refractivity contribution in [1.29, 1.82) is 0 Å². The molecular weight excluding hydrogens is 247 g/mol. The lowest BCUT2D eigenvalue weighted by Gasteiger charge is -2.25. The minimum Gasteiger partial charge on any atom is -0.321 e.